The van der Waals surface area contributed by atoms with Crippen LogP contribution in [0.1, 0.15) is 55.5 Å². The maximum Gasteiger partial charge on any atom is 0.248 e. The van der Waals surface area contributed by atoms with Gasteiger partial charge in [-0.25, -0.2) is 0 Å². The Balaban J connectivity index is 1.62. The van der Waals surface area contributed by atoms with Crippen LogP contribution >= 0.6 is 0 Å². The average molecular weight is 336 g/mol. The molecule has 1 atom stereocenters. The number of hydrogen-bond acceptors (Lipinski definition) is 2. The molecule has 3 N–H and O–H groups in total. The molecule has 0 radical (unpaired) electrons. The molecule has 1 aliphatic rings. The topological polar surface area (TPSA) is 55.1 Å². The summed E-state index contributed by atoms with van der Waals surface area (Å²) in [4.78, 5) is 11.3. The molecule has 2 aromatic rings. The summed E-state index contributed by atoms with van der Waals surface area (Å²) in [5.41, 5.74) is 9.79. The second-order valence-corrected chi connectivity index (χ2v) is 7.98. The minimum absolute atomic E-state index is 0.391. The van der Waals surface area contributed by atoms with Gasteiger partial charge in [0.2, 0.25) is 5.91 Å². The van der Waals surface area contributed by atoms with E-state index in [-0.39, 0.29) is 0 Å². The number of rotatable bonds is 5. The van der Waals surface area contributed by atoms with Crippen molar-refractivity contribution in [3.05, 3.63) is 59.7 Å². The molecule has 1 unspecified atom stereocenters. The number of primary amides is 1. The first kappa shape index (κ1) is 17.7. The molecule has 0 bridgehead atoms. The number of nitrogens with one attached hydrogen (secondary N) is 1. The van der Waals surface area contributed by atoms with E-state index in [1.165, 1.54) is 31.2 Å². The number of benzene rings is 2. The zero-order valence-corrected chi connectivity index (χ0v) is 15.2. The summed E-state index contributed by atoms with van der Waals surface area (Å²) >= 11 is 0. The molecule has 1 aliphatic carbocycles. The van der Waals surface area contributed by atoms with Crippen LogP contribution in [0.2, 0.25) is 0 Å². The summed E-state index contributed by atoms with van der Waals surface area (Å²) in [7, 11) is 0. The third-order valence-electron chi connectivity index (χ3n) is 5.23. The molecule has 1 saturated carbocycles. The van der Waals surface area contributed by atoms with Crippen LogP contribution in [0.15, 0.2) is 48.5 Å². The van der Waals surface area contributed by atoms with E-state index in [1.54, 1.807) is 6.07 Å². The summed E-state index contributed by atoms with van der Waals surface area (Å²) in [6.45, 7) is 5.65. The maximum absolute atomic E-state index is 11.3. The van der Waals surface area contributed by atoms with E-state index >= 15 is 0 Å². The Kier molecular flexibility index (Phi) is 5.24. The zero-order valence-electron chi connectivity index (χ0n) is 15.2. The number of amides is 1. The van der Waals surface area contributed by atoms with Gasteiger partial charge in [0.05, 0.1) is 0 Å². The smallest absolute Gasteiger partial charge is 0.248 e. The highest BCUT2D eigenvalue weighted by Gasteiger charge is 2.27. The predicted molar refractivity (Wildman–Crippen MR) is 103 cm³/mol. The third-order valence-corrected chi connectivity index (χ3v) is 5.23. The fourth-order valence-electron chi connectivity index (χ4n) is 3.80. The van der Waals surface area contributed by atoms with E-state index in [2.05, 4.69) is 43.4 Å². The van der Waals surface area contributed by atoms with Gasteiger partial charge in [-0.3, -0.25) is 4.79 Å². The summed E-state index contributed by atoms with van der Waals surface area (Å²) in [5, 5.41) is 3.72. The van der Waals surface area contributed by atoms with Gasteiger partial charge in [-0.1, -0.05) is 56.7 Å². The molecule has 3 rings (SSSR count). The average Bonchev–Trinajstić information content (AvgIpc) is 2.60. The summed E-state index contributed by atoms with van der Waals surface area (Å²) in [6.07, 6.45) is 5.19. The van der Waals surface area contributed by atoms with Gasteiger partial charge in [-0.15, -0.1) is 0 Å². The largest absolute Gasteiger partial charge is 0.366 e. The van der Waals surface area contributed by atoms with Crippen molar-refractivity contribution in [3.63, 3.8) is 0 Å². The first-order chi connectivity index (χ1) is 11.9. The lowest BCUT2D eigenvalue weighted by Crippen LogP contribution is -2.36. The quantitative estimate of drug-likeness (QED) is 0.844. The van der Waals surface area contributed by atoms with Crippen LogP contribution in [0.3, 0.4) is 0 Å². The standard InChI is InChI=1S/C22H28N2O/c1-22(2)12-4-7-20(14-22)24-15-16-8-10-17(11-9-16)18-5-3-6-19(13-18)21(23)25/h3,5-6,8-11,13,20,24H,4,7,12,14-15H2,1-2H3,(H2,23,25). The van der Waals surface area contributed by atoms with E-state index in [0.717, 1.165) is 17.7 Å². The Hall–Kier alpha value is -2.13. The van der Waals surface area contributed by atoms with Gasteiger partial charge in [0.1, 0.15) is 0 Å². The van der Waals surface area contributed by atoms with Crippen molar-refractivity contribution in [3.8, 4) is 11.1 Å². The lowest BCUT2D eigenvalue weighted by atomic mass is 9.75. The number of nitrogens with two attached hydrogens (primary N) is 1. The SMILES string of the molecule is CC1(C)CCCC(NCc2ccc(-c3cccc(C(N)=O)c3)cc2)C1. The Labute approximate surface area is 150 Å². The van der Waals surface area contributed by atoms with Gasteiger partial charge in [0.15, 0.2) is 0 Å². The monoisotopic (exact) mass is 336 g/mol. The molecule has 132 valence electrons. The lowest BCUT2D eigenvalue weighted by Gasteiger charge is -2.35. The molecule has 0 saturated heterocycles. The van der Waals surface area contributed by atoms with Gasteiger partial charge in [-0.2, -0.15) is 0 Å². The van der Waals surface area contributed by atoms with E-state index in [0.29, 0.717) is 17.0 Å². The highest BCUT2D eigenvalue weighted by atomic mass is 16.1. The maximum atomic E-state index is 11.3. The van der Waals surface area contributed by atoms with E-state index < -0.39 is 5.91 Å². The third kappa shape index (κ3) is 4.70. The molecule has 2 aromatic carbocycles. The van der Waals surface area contributed by atoms with Gasteiger partial charge in [0.25, 0.3) is 0 Å². The molecule has 3 nitrogen and oxygen atoms in total. The van der Waals surface area contributed by atoms with Crippen molar-refractivity contribution in [2.75, 3.05) is 0 Å². The minimum Gasteiger partial charge on any atom is -0.366 e. The zero-order chi connectivity index (χ0) is 17.9. The molecular weight excluding hydrogens is 308 g/mol. The second kappa shape index (κ2) is 7.40. The van der Waals surface area contributed by atoms with Crippen LogP contribution in [-0.4, -0.2) is 11.9 Å². The highest BCUT2D eigenvalue weighted by Crippen LogP contribution is 2.35. The van der Waals surface area contributed by atoms with Crippen LogP contribution in [0.5, 0.6) is 0 Å². The highest BCUT2D eigenvalue weighted by molar-refractivity contribution is 5.94. The predicted octanol–water partition coefficient (Wildman–Crippen LogP) is 4.51. The summed E-state index contributed by atoms with van der Waals surface area (Å²) < 4.78 is 0. The summed E-state index contributed by atoms with van der Waals surface area (Å²) in [6, 6.07) is 16.6. The minimum atomic E-state index is -0.391. The number of hydrogen-bond donors (Lipinski definition) is 2. The van der Waals surface area contributed by atoms with Crippen LogP contribution in [0.25, 0.3) is 11.1 Å². The van der Waals surface area contributed by atoms with Crippen molar-refractivity contribution in [2.24, 2.45) is 11.1 Å². The summed E-state index contributed by atoms with van der Waals surface area (Å²) in [5.74, 6) is -0.391. The molecule has 1 amide bonds. The first-order valence-corrected chi connectivity index (χ1v) is 9.15. The lowest BCUT2D eigenvalue weighted by molar-refractivity contribution is 0.100. The van der Waals surface area contributed by atoms with Crippen molar-refractivity contribution in [1.29, 1.82) is 0 Å². The van der Waals surface area contributed by atoms with E-state index in [1.807, 2.05) is 18.2 Å². The number of carbonyl (C=O) groups is 1. The van der Waals surface area contributed by atoms with Crippen molar-refractivity contribution in [2.45, 2.75) is 52.1 Å². The Morgan fingerprint density at radius 1 is 1.16 bits per heavy atom. The molecule has 3 heteroatoms. The fraction of sp³-hybridized carbons (Fsp3) is 0.409. The Morgan fingerprint density at radius 3 is 2.60 bits per heavy atom. The Bertz CT molecular complexity index is 734. The molecule has 0 aliphatic heterocycles. The van der Waals surface area contributed by atoms with Crippen molar-refractivity contribution >= 4 is 5.91 Å². The molecule has 0 spiro atoms. The van der Waals surface area contributed by atoms with Gasteiger partial charge in [-0.05, 0) is 53.5 Å². The van der Waals surface area contributed by atoms with Gasteiger partial charge < -0.3 is 11.1 Å². The van der Waals surface area contributed by atoms with Crippen LogP contribution in [0, 0.1) is 5.41 Å². The van der Waals surface area contributed by atoms with Crippen molar-refractivity contribution in [1.82, 2.24) is 5.32 Å². The normalized spacial score (nSPS) is 19.5. The van der Waals surface area contributed by atoms with Crippen LogP contribution in [0.4, 0.5) is 0 Å². The van der Waals surface area contributed by atoms with Gasteiger partial charge >= 0.3 is 0 Å². The molecular formula is C22H28N2O. The first-order valence-electron chi connectivity index (χ1n) is 9.15. The van der Waals surface area contributed by atoms with E-state index in [4.69, 9.17) is 5.73 Å². The van der Waals surface area contributed by atoms with Gasteiger partial charge in [0, 0.05) is 18.2 Å². The van der Waals surface area contributed by atoms with Crippen LogP contribution in [-0.2, 0) is 6.54 Å². The number of carbonyl (C=O) groups excluding carboxylic acids is 1. The van der Waals surface area contributed by atoms with E-state index in [9.17, 15) is 4.79 Å². The second-order valence-electron chi connectivity index (χ2n) is 7.98. The molecule has 1 fully saturated rings. The molecule has 0 aromatic heterocycles. The van der Waals surface area contributed by atoms with Crippen LogP contribution < -0.4 is 11.1 Å². The van der Waals surface area contributed by atoms with Crippen molar-refractivity contribution < 1.29 is 4.79 Å². The molecule has 0 heterocycles. The Morgan fingerprint density at radius 2 is 1.92 bits per heavy atom. The fourth-order valence-corrected chi connectivity index (χ4v) is 3.80. The molecule has 25 heavy (non-hydrogen) atoms.